The van der Waals surface area contributed by atoms with Gasteiger partial charge >= 0.3 is 6.09 Å². The van der Waals surface area contributed by atoms with Crippen LogP contribution in [0.4, 0.5) is 14.9 Å². The molecular formula is C23H26FN3O4. The number of hydrogen-bond donors (Lipinski definition) is 3. The quantitative estimate of drug-likeness (QED) is 0.588. The summed E-state index contributed by atoms with van der Waals surface area (Å²) in [5.74, 6) is -1.11. The van der Waals surface area contributed by atoms with Crippen LogP contribution in [0, 0.1) is 5.82 Å². The number of halogens is 1. The van der Waals surface area contributed by atoms with E-state index in [1.54, 1.807) is 63.2 Å². The second kappa shape index (κ2) is 10.9. The average molecular weight is 427 g/mol. The van der Waals surface area contributed by atoms with Gasteiger partial charge in [-0.15, -0.1) is 0 Å². The van der Waals surface area contributed by atoms with E-state index in [0.717, 1.165) is 0 Å². The Bertz CT molecular complexity index is 950. The maximum absolute atomic E-state index is 12.9. The number of amides is 3. The number of ether oxygens (including phenoxy) is 1. The summed E-state index contributed by atoms with van der Waals surface area (Å²) in [5.41, 5.74) is 1.25. The Morgan fingerprint density at radius 3 is 2.35 bits per heavy atom. The molecule has 0 aliphatic carbocycles. The number of hydrogen-bond acceptors (Lipinski definition) is 4. The van der Waals surface area contributed by atoms with Crippen molar-refractivity contribution in [2.24, 2.45) is 0 Å². The normalized spacial score (nSPS) is 11.1. The Hall–Kier alpha value is -3.68. The molecule has 0 saturated carbocycles. The van der Waals surface area contributed by atoms with Gasteiger partial charge in [-0.3, -0.25) is 9.59 Å². The summed E-state index contributed by atoms with van der Waals surface area (Å²) in [5, 5.41) is 7.82. The molecule has 0 spiro atoms. The van der Waals surface area contributed by atoms with Gasteiger partial charge in [-0.2, -0.15) is 0 Å². The van der Waals surface area contributed by atoms with Crippen molar-refractivity contribution >= 4 is 29.7 Å². The Morgan fingerprint density at radius 2 is 1.68 bits per heavy atom. The molecule has 0 aliphatic rings. The van der Waals surface area contributed by atoms with Gasteiger partial charge in [0.05, 0.1) is 0 Å². The van der Waals surface area contributed by atoms with Crippen LogP contribution < -0.4 is 16.0 Å². The highest BCUT2D eigenvalue weighted by Crippen LogP contribution is 2.15. The fourth-order valence-corrected chi connectivity index (χ4v) is 2.44. The van der Waals surface area contributed by atoms with Gasteiger partial charge in [-0.05, 0) is 56.2 Å². The van der Waals surface area contributed by atoms with Crippen LogP contribution in [0.25, 0.3) is 6.08 Å². The number of para-hydroxylation sites is 1. The lowest BCUT2D eigenvalue weighted by Gasteiger charge is -2.19. The van der Waals surface area contributed by atoms with E-state index in [2.05, 4.69) is 16.0 Å². The van der Waals surface area contributed by atoms with E-state index in [4.69, 9.17) is 4.74 Å². The molecule has 0 fully saturated rings. The number of rotatable bonds is 7. The third-order valence-electron chi connectivity index (χ3n) is 3.83. The highest BCUT2D eigenvalue weighted by molar-refractivity contribution is 5.95. The first-order valence-corrected chi connectivity index (χ1v) is 9.68. The van der Waals surface area contributed by atoms with Crippen molar-refractivity contribution in [3.63, 3.8) is 0 Å². The maximum atomic E-state index is 12.9. The number of alkyl carbamates (subject to hydrolysis) is 1. The minimum Gasteiger partial charge on any atom is -0.444 e. The van der Waals surface area contributed by atoms with Crippen LogP contribution in [0.2, 0.25) is 0 Å². The molecule has 3 N–H and O–H groups in total. The van der Waals surface area contributed by atoms with Gasteiger partial charge in [-0.1, -0.05) is 30.3 Å². The highest BCUT2D eigenvalue weighted by atomic mass is 19.1. The summed E-state index contributed by atoms with van der Waals surface area (Å²) in [7, 11) is 0. The van der Waals surface area contributed by atoms with Gasteiger partial charge in [0.15, 0.2) is 0 Å². The van der Waals surface area contributed by atoms with E-state index < -0.39 is 17.6 Å². The second-order valence-corrected chi connectivity index (χ2v) is 7.66. The Balaban J connectivity index is 1.87. The van der Waals surface area contributed by atoms with Gasteiger partial charge in [0.1, 0.15) is 18.0 Å². The van der Waals surface area contributed by atoms with Crippen molar-refractivity contribution in [2.45, 2.75) is 32.9 Å². The van der Waals surface area contributed by atoms with Crippen LogP contribution in [0.5, 0.6) is 0 Å². The summed E-state index contributed by atoms with van der Waals surface area (Å²) >= 11 is 0. The fourth-order valence-electron chi connectivity index (χ4n) is 2.44. The lowest BCUT2D eigenvalue weighted by atomic mass is 10.1. The Kier molecular flexibility index (Phi) is 8.31. The van der Waals surface area contributed by atoms with Crippen molar-refractivity contribution in [1.82, 2.24) is 10.6 Å². The van der Waals surface area contributed by atoms with Crippen molar-refractivity contribution in [2.75, 3.05) is 11.9 Å². The zero-order chi connectivity index (χ0) is 22.9. The number of anilines is 1. The first-order valence-electron chi connectivity index (χ1n) is 9.68. The van der Waals surface area contributed by atoms with Gasteiger partial charge in [0.2, 0.25) is 11.8 Å². The molecule has 8 heteroatoms. The predicted molar refractivity (Wildman–Crippen MR) is 117 cm³/mol. The van der Waals surface area contributed by atoms with Gasteiger partial charge in [-0.25, -0.2) is 9.18 Å². The van der Waals surface area contributed by atoms with Gasteiger partial charge < -0.3 is 20.7 Å². The Morgan fingerprint density at radius 1 is 1.00 bits per heavy atom. The van der Waals surface area contributed by atoms with Crippen LogP contribution >= 0.6 is 0 Å². The van der Waals surface area contributed by atoms with Gasteiger partial charge in [0.25, 0.3) is 0 Å². The first-order chi connectivity index (χ1) is 14.6. The number of carbonyl (C=O) groups is 3. The van der Waals surface area contributed by atoms with Crippen LogP contribution in [0.15, 0.2) is 54.6 Å². The largest absolute Gasteiger partial charge is 0.444 e. The van der Waals surface area contributed by atoms with Crippen LogP contribution in [0.3, 0.4) is 0 Å². The number of nitrogens with one attached hydrogen (secondary N) is 3. The lowest BCUT2D eigenvalue weighted by Crippen LogP contribution is -2.37. The molecule has 2 aromatic rings. The smallest absolute Gasteiger partial charge is 0.408 e. The summed E-state index contributed by atoms with van der Waals surface area (Å²) in [6.07, 6.45) is 2.24. The van der Waals surface area contributed by atoms with Crippen molar-refractivity contribution in [1.29, 1.82) is 0 Å². The molecule has 0 unspecified atom stereocenters. The molecule has 2 rings (SSSR count). The van der Waals surface area contributed by atoms with Crippen molar-refractivity contribution < 1.29 is 23.5 Å². The minimum absolute atomic E-state index is 0.183. The third-order valence-corrected chi connectivity index (χ3v) is 3.83. The monoisotopic (exact) mass is 427 g/mol. The average Bonchev–Trinajstić information content (AvgIpc) is 2.70. The molecule has 0 radical (unpaired) electrons. The molecule has 164 valence electrons. The zero-order valence-electron chi connectivity index (χ0n) is 17.7. The van der Waals surface area contributed by atoms with Crippen LogP contribution in [0.1, 0.15) is 31.9 Å². The fraction of sp³-hybridized carbons (Fsp3) is 0.261. The highest BCUT2D eigenvalue weighted by Gasteiger charge is 2.17. The first kappa shape index (κ1) is 23.6. The van der Waals surface area contributed by atoms with Crippen molar-refractivity contribution in [3.05, 3.63) is 71.6 Å². The predicted octanol–water partition coefficient (Wildman–Crippen LogP) is 3.62. The maximum Gasteiger partial charge on any atom is 0.408 e. The summed E-state index contributed by atoms with van der Waals surface area (Å²) in [6, 6.07) is 12.7. The van der Waals surface area contributed by atoms with E-state index in [-0.39, 0.29) is 24.8 Å². The summed E-state index contributed by atoms with van der Waals surface area (Å²) in [4.78, 5) is 35.9. The number of carbonyl (C=O) groups excluding carboxylic acids is 3. The van der Waals surface area contributed by atoms with E-state index in [0.29, 0.717) is 16.8 Å². The molecule has 0 aromatic heterocycles. The molecule has 7 nitrogen and oxygen atoms in total. The van der Waals surface area contributed by atoms with Gasteiger partial charge in [0, 0.05) is 18.3 Å². The molecule has 3 amide bonds. The second-order valence-electron chi connectivity index (χ2n) is 7.66. The number of benzene rings is 2. The zero-order valence-corrected chi connectivity index (χ0v) is 17.7. The standard InChI is InChI=1S/C23H26FN3O4/c1-23(2,3)31-22(30)26-15-21(29)27-19-7-5-4-6-17(19)14-25-20(28)13-10-16-8-11-18(24)12-9-16/h4-13H,14-15H2,1-3H3,(H,25,28)(H,26,30)(H,27,29)/b13-10+. The van der Waals surface area contributed by atoms with Crippen molar-refractivity contribution in [3.8, 4) is 0 Å². The molecule has 2 aromatic carbocycles. The molecule has 0 heterocycles. The summed E-state index contributed by atoms with van der Waals surface area (Å²) < 4.78 is 18.0. The topological polar surface area (TPSA) is 96.5 Å². The van der Waals surface area contributed by atoms with E-state index in [9.17, 15) is 18.8 Å². The molecule has 31 heavy (non-hydrogen) atoms. The van der Waals surface area contributed by atoms with E-state index in [1.807, 2.05) is 0 Å². The minimum atomic E-state index is -0.684. The Labute approximate surface area is 180 Å². The third kappa shape index (κ3) is 9.12. The molecule has 0 atom stereocenters. The molecule has 0 bridgehead atoms. The molecular weight excluding hydrogens is 401 g/mol. The molecule has 0 aliphatic heterocycles. The van der Waals surface area contributed by atoms with Crippen LogP contribution in [-0.2, 0) is 20.9 Å². The van der Waals surface area contributed by atoms with E-state index in [1.165, 1.54) is 18.2 Å². The van der Waals surface area contributed by atoms with E-state index >= 15 is 0 Å². The SMILES string of the molecule is CC(C)(C)OC(=O)NCC(=O)Nc1ccccc1CNC(=O)/C=C/c1ccc(F)cc1. The summed E-state index contributed by atoms with van der Waals surface area (Å²) in [6.45, 7) is 5.11. The molecule has 0 saturated heterocycles. The lowest BCUT2D eigenvalue weighted by molar-refractivity contribution is -0.116. The van der Waals surface area contributed by atoms with Crippen LogP contribution in [-0.4, -0.2) is 30.1 Å².